The molecule has 2 heterocycles. The number of anilines is 1. The van der Waals surface area contributed by atoms with Crippen molar-refractivity contribution in [2.24, 2.45) is 0 Å². The summed E-state index contributed by atoms with van der Waals surface area (Å²) in [6.45, 7) is -1.00. The summed E-state index contributed by atoms with van der Waals surface area (Å²) < 4.78 is 23.7. The van der Waals surface area contributed by atoms with E-state index in [1.165, 1.54) is 42.8 Å². The minimum Gasteiger partial charge on any atom is -0.497 e. The van der Waals surface area contributed by atoms with Gasteiger partial charge in [-0.15, -0.1) is 5.10 Å². The molecule has 1 aliphatic rings. The molecule has 0 saturated carbocycles. The SMILES string of the molecule is COc1ccc(NC(=O)[C@H](c2csnn2)N(Cc2ccccc2F)C(=O)CN2C(=O)c3ccccc3C2=O)cc1. The van der Waals surface area contributed by atoms with Gasteiger partial charge in [-0.1, -0.05) is 34.8 Å². The third kappa shape index (κ3) is 5.29. The maximum atomic E-state index is 14.8. The molecule has 4 amide bonds. The molecule has 0 radical (unpaired) electrons. The number of benzene rings is 3. The number of carbonyl (C=O) groups excluding carboxylic acids is 4. The molecule has 202 valence electrons. The summed E-state index contributed by atoms with van der Waals surface area (Å²) in [6, 6.07) is 17.2. The molecular weight excluding hydrogens is 537 g/mol. The molecular formula is C28H22FN5O5S. The number of fused-ring (bicyclic) bond motifs is 1. The van der Waals surface area contributed by atoms with E-state index in [2.05, 4.69) is 14.9 Å². The number of methoxy groups -OCH3 is 1. The van der Waals surface area contributed by atoms with Crippen molar-refractivity contribution >= 4 is 40.8 Å². The second-order valence-corrected chi connectivity index (χ2v) is 9.41. The average molecular weight is 560 g/mol. The van der Waals surface area contributed by atoms with Gasteiger partial charge in [0.25, 0.3) is 17.7 Å². The third-order valence-electron chi connectivity index (χ3n) is 6.37. The lowest BCUT2D eigenvalue weighted by atomic mass is 10.1. The summed E-state index contributed by atoms with van der Waals surface area (Å²) in [5.74, 6) is -2.68. The molecule has 1 atom stereocenters. The van der Waals surface area contributed by atoms with Crippen molar-refractivity contribution in [2.45, 2.75) is 12.6 Å². The first-order valence-corrected chi connectivity index (χ1v) is 12.9. The molecule has 12 heteroatoms. The summed E-state index contributed by atoms with van der Waals surface area (Å²) in [5.41, 5.74) is 1.04. The smallest absolute Gasteiger partial charge is 0.262 e. The molecule has 5 rings (SSSR count). The van der Waals surface area contributed by atoms with E-state index in [1.54, 1.807) is 42.5 Å². The van der Waals surface area contributed by atoms with Crippen molar-refractivity contribution < 1.29 is 28.3 Å². The zero-order chi connectivity index (χ0) is 28.2. The highest BCUT2D eigenvalue weighted by Crippen LogP contribution is 2.28. The largest absolute Gasteiger partial charge is 0.497 e. The van der Waals surface area contributed by atoms with Gasteiger partial charge in [-0.2, -0.15) is 0 Å². The summed E-state index contributed by atoms with van der Waals surface area (Å²) in [6.07, 6.45) is 0. The van der Waals surface area contributed by atoms with Crippen molar-refractivity contribution in [1.29, 1.82) is 0 Å². The number of carbonyl (C=O) groups is 4. The van der Waals surface area contributed by atoms with Crippen LogP contribution < -0.4 is 10.1 Å². The van der Waals surface area contributed by atoms with Gasteiger partial charge in [-0.3, -0.25) is 24.1 Å². The monoisotopic (exact) mass is 559 g/mol. The highest BCUT2D eigenvalue weighted by atomic mass is 32.1. The van der Waals surface area contributed by atoms with Crippen LogP contribution in [-0.4, -0.2) is 56.7 Å². The van der Waals surface area contributed by atoms with E-state index in [0.29, 0.717) is 11.4 Å². The van der Waals surface area contributed by atoms with Crippen LogP contribution in [-0.2, 0) is 16.1 Å². The van der Waals surface area contributed by atoms with E-state index in [0.717, 1.165) is 21.3 Å². The lowest BCUT2D eigenvalue weighted by Gasteiger charge is -2.31. The van der Waals surface area contributed by atoms with Crippen LogP contribution in [0.15, 0.2) is 78.2 Å². The van der Waals surface area contributed by atoms with Crippen molar-refractivity contribution in [3.05, 3.63) is 106 Å². The molecule has 1 aliphatic heterocycles. The summed E-state index contributed by atoms with van der Waals surface area (Å²) in [4.78, 5) is 55.4. The van der Waals surface area contributed by atoms with Crippen molar-refractivity contribution in [3.8, 4) is 5.75 Å². The van der Waals surface area contributed by atoms with E-state index in [9.17, 15) is 23.6 Å². The number of halogens is 1. The fourth-order valence-electron chi connectivity index (χ4n) is 4.35. The third-order valence-corrected chi connectivity index (χ3v) is 6.89. The maximum Gasteiger partial charge on any atom is 0.262 e. The Labute approximate surface area is 232 Å². The highest BCUT2D eigenvalue weighted by Gasteiger charge is 2.40. The quantitative estimate of drug-likeness (QED) is 0.311. The van der Waals surface area contributed by atoms with Crippen molar-refractivity contribution in [2.75, 3.05) is 19.0 Å². The predicted octanol–water partition coefficient (Wildman–Crippen LogP) is 3.69. The highest BCUT2D eigenvalue weighted by molar-refractivity contribution is 7.03. The van der Waals surface area contributed by atoms with E-state index in [4.69, 9.17) is 4.74 Å². The van der Waals surface area contributed by atoms with E-state index in [1.807, 2.05) is 0 Å². The van der Waals surface area contributed by atoms with Gasteiger partial charge in [0.2, 0.25) is 5.91 Å². The van der Waals surface area contributed by atoms with Gasteiger partial charge in [0, 0.05) is 23.2 Å². The van der Waals surface area contributed by atoms with Gasteiger partial charge in [0.05, 0.1) is 18.2 Å². The maximum absolute atomic E-state index is 14.8. The van der Waals surface area contributed by atoms with Crippen LogP contribution in [0.3, 0.4) is 0 Å². The predicted molar refractivity (Wildman–Crippen MR) is 143 cm³/mol. The molecule has 3 aromatic carbocycles. The fraction of sp³-hybridized carbons (Fsp3) is 0.143. The molecule has 0 spiro atoms. The number of amides is 4. The van der Waals surface area contributed by atoms with Crippen molar-refractivity contribution in [3.63, 3.8) is 0 Å². The van der Waals surface area contributed by atoms with Crippen LogP contribution in [0.4, 0.5) is 10.1 Å². The zero-order valence-corrected chi connectivity index (χ0v) is 21.9. The van der Waals surface area contributed by atoms with Gasteiger partial charge >= 0.3 is 0 Å². The molecule has 0 saturated heterocycles. The zero-order valence-electron chi connectivity index (χ0n) is 21.1. The van der Waals surface area contributed by atoms with Gasteiger partial charge in [-0.05, 0) is 54.0 Å². The Morgan fingerprint density at radius 3 is 2.25 bits per heavy atom. The number of nitrogens with zero attached hydrogens (tertiary/aromatic N) is 4. The van der Waals surface area contributed by atoms with Gasteiger partial charge in [0.15, 0.2) is 6.04 Å². The van der Waals surface area contributed by atoms with E-state index in [-0.39, 0.29) is 28.9 Å². The molecule has 1 N–H and O–H groups in total. The standard InChI is InChI=1S/C28H22FN5O5S/c1-39-19-12-10-18(11-13-19)30-26(36)25(23-16-40-32-31-23)33(14-17-6-2-5-9-22(17)29)24(35)15-34-27(37)20-7-3-4-8-21(20)28(34)38/h2-13,16,25H,14-15H2,1H3,(H,30,36)/t25-/m0/s1. The molecule has 4 aromatic rings. The Hall–Kier alpha value is -4.97. The van der Waals surface area contributed by atoms with Crippen LogP contribution in [0.5, 0.6) is 5.75 Å². The molecule has 0 unspecified atom stereocenters. The van der Waals surface area contributed by atoms with Crippen LogP contribution >= 0.6 is 11.5 Å². The number of hydrogen-bond acceptors (Lipinski definition) is 8. The first-order chi connectivity index (χ1) is 19.4. The lowest BCUT2D eigenvalue weighted by Crippen LogP contribution is -2.47. The topological polar surface area (TPSA) is 122 Å². The summed E-state index contributed by atoms with van der Waals surface area (Å²) in [7, 11) is 1.51. The molecule has 10 nitrogen and oxygen atoms in total. The lowest BCUT2D eigenvalue weighted by molar-refractivity contribution is -0.140. The van der Waals surface area contributed by atoms with Gasteiger partial charge < -0.3 is 15.0 Å². The Morgan fingerprint density at radius 2 is 1.65 bits per heavy atom. The Kier molecular flexibility index (Phi) is 7.60. The van der Waals surface area contributed by atoms with Crippen LogP contribution in [0, 0.1) is 5.82 Å². The molecule has 0 fully saturated rings. The molecule has 40 heavy (non-hydrogen) atoms. The average Bonchev–Trinajstić information content (AvgIpc) is 3.58. The van der Waals surface area contributed by atoms with E-state index < -0.39 is 42.0 Å². The van der Waals surface area contributed by atoms with Crippen LogP contribution in [0.2, 0.25) is 0 Å². The Balaban J connectivity index is 1.49. The van der Waals surface area contributed by atoms with Gasteiger partial charge in [-0.25, -0.2) is 4.39 Å². The first-order valence-electron chi connectivity index (χ1n) is 12.1. The fourth-order valence-corrected chi connectivity index (χ4v) is 4.83. The second kappa shape index (κ2) is 11.4. The number of imide groups is 1. The Morgan fingerprint density at radius 1 is 1.00 bits per heavy atom. The minimum absolute atomic E-state index is 0.128. The first kappa shape index (κ1) is 26.6. The molecule has 0 aliphatic carbocycles. The molecule has 0 bridgehead atoms. The Bertz CT molecular complexity index is 1540. The van der Waals surface area contributed by atoms with E-state index >= 15 is 0 Å². The normalized spacial score (nSPS) is 13.1. The number of rotatable bonds is 9. The minimum atomic E-state index is -1.36. The van der Waals surface area contributed by atoms with Crippen molar-refractivity contribution in [1.82, 2.24) is 19.4 Å². The van der Waals surface area contributed by atoms with Gasteiger partial charge in [0.1, 0.15) is 23.8 Å². The second-order valence-electron chi connectivity index (χ2n) is 8.81. The van der Waals surface area contributed by atoms with Crippen LogP contribution in [0.1, 0.15) is 38.0 Å². The number of ether oxygens (including phenoxy) is 1. The number of aromatic nitrogens is 2. The molecule has 1 aromatic heterocycles. The van der Waals surface area contributed by atoms with Crippen LogP contribution in [0.25, 0.3) is 0 Å². The summed E-state index contributed by atoms with van der Waals surface area (Å²) >= 11 is 0.972. The summed E-state index contributed by atoms with van der Waals surface area (Å²) in [5, 5.41) is 8.27. The number of nitrogens with one attached hydrogen (secondary N) is 1. The number of hydrogen-bond donors (Lipinski definition) is 1.